The number of aliphatic hydroxyl groups excluding tert-OH is 1. The molecule has 4 aromatic rings. The van der Waals surface area contributed by atoms with Gasteiger partial charge in [-0.2, -0.15) is 0 Å². The standard InChI is InChI=1S/C35H39NO8/c1-40-31-11-6-4-9-27(31)23-42-16-7-17-43-28-14-12-25(13-15-28)34-30(37)20-36(35(38)39)21-33(34)44-22-24-18-26-8-3-5-10-29(26)32(19-24)41-2/h3-6,8-15,18-19,30,33-34,37H,7,16-17,20-23H2,1-2H3,(H,38,39). The van der Waals surface area contributed by atoms with E-state index in [0.717, 1.165) is 45.4 Å². The van der Waals surface area contributed by atoms with Crippen LogP contribution in [0.25, 0.3) is 10.8 Å². The number of amides is 1. The molecule has 5 rings (SSSR count). The van der Waals surface area contributed by atoms with Crippen LogP contribution in [0, 0.1) is 0 Å². The van der Waals surface area contributed by atoms with Crippen molar-refractivity contribution in [1.29, 1.82) is 0 Å². The number of β-amino-alcohol motifs (C(OH)–C–C–N with tert-alkyl or cyclic N) is 1. The largest absolute Gasteiger partial charge is 0.496 e. The molecular formula is C35H39NO8. The summed E-state index contributed by atoms with van der Waals surface area (Å²) in [5.41, 5.74) is 2.76. The van der Waals surface area contributed by atoms with E-state index >= 15 is 0 Å². The fourth-order valence-corrected chi connectivity index (χ4v) is 5.67. The molecule has 0 bridgehead atoms. The lowest BCUT2D eigenvalue weighted by molar-refractivity contribution is -0.0660. The summed E-state index contributed by atoms with van der Waals surface area (Å²) in [6.45, 7) is 1.91. The number of hydrogen-bond donors (Lipinski definition) is 2. The highest BCUT2D eigenvalue weighted by Gasteiger charge is 2.39. The summed E-state index contributed by atoms with van der Waals surface area (Å²) < 4.78 is 29.0. The first-order valence-corrected chi connectivity index (χ1v) is 14.7. The van der Waals surface area contributed by atoms with Crippen LogP contribution in [0.3, 0.4) is 0 Å². The molecule has 1 amide bonds. The molecule has 1 heterocycles. The molecule has 2 N–H and O–H groups in total. The number of piperidine rings is 1. The van der Waals surface area contributed by atoms with Gasteiger partial charge in [-0.05, 0) is 46.8 Å². The van der Waals surface area contributed by atoms with Crippen LogP contribution in [-0.4, -0.2) is 73.9 Å². The second-order valence-electron chi connectivity index (χ2n) is 10.8. The number of hydrogen-bond acceptors (Lipinski definition) is 7. The maximum absolute atomic E-state index is 11.8. The Hall–Kier alpha value is -4.31. The van der Waals surface area contributed by atoms with Crippen LogP contribution in [0.4, 0.5) is 4.79 Å². The molecule has 9 heteroatoms. The van der Waals surface area contributed by atoms with Crippen LogP contribution in [-0.2, 0) is 22.7 Å². The van der Waals surface area contributed by atoms with Crippen molar-refractivity contribution >= 4 is 16.9 Å². The van der Waals surface area contributed by atoms with Gasteiger partial charge in [-0.3, -0.25) is 0 Å². The van der Waals surface area contributed by atoms with E-state index in [2.05, 4.69) is 0 Å². The van der Waals surface area contributed by atoms with Gasteiger partial charge in [-0.15, -0.1) is 0 Å². The predicted octanol–water partition coefficient (Wildman–Crippen LogP) is 5.87. The molecule has 1 fully saturated rings. The topological polar surface area (TPSA) is 107 Å². The lowest BCUT2D eigenvalue weighted by Crippen LogP contribution is -2.53. The number of fused-ring (bicyclic) bond motifs is 1. The van der Waals surface area contributed by atoms with Crippen molar-refractivity contribution < 1.29 is 38.7 Å². The van der Waals surface area contributed by atoms with Crippen molar-refractivity contribution in [2.24, 2.45) is 0 Å². The fraction of sp³-hybridized carbons (Fsp3) is 0.343. The SMILES string of the molecule is COc1ccccc1COCCCOc1ccc(C2C(O)CN(C(=O)O)CC2OCc2cc(OC)c3ccccc3c2)cc1. The number of carbonyl (C=O) groups is 1. The first-order valence-electron chi connectivity index (χ1n) is 14.7. The maximum atomic E-state index is 11.8. The summed E-state index contributed by atoms with van der Waals surface area (Å²) in [4.78, 5) is 13.0. The van der Waals surface area contributed by atoms with E-state index in [9.17, 15) is 15.0 Å². The second kappa shape index (κ2) is 14.9. The van der Waals surface area contributed by atoms with Gasteiger partial charge in [0.15, 0.2) is 0 Å². The normalized spacial score (nSPS) is 18.2. The molecule has 1 saturated heterocycles. The molecule has 0 aliphatic carbocycles. The van der Waals surface area contributed by atoms with E-state index < -0.39 is 24.2 Å². The lowest BCUT2D eigenvalue weighted by Gasteiger charge is -2.40. The molecule has 1 aliphatic rings. The highest BCUT2D eigenvalue weighted by Crippen LogP contribution is 2.34. The summed E-state index contributed by atoms with van der Waals surface area (Å²) in [6, 6.07) is 27.3. The van der Waals surface area contributed by atoms with E-state index in [1.165, 1.54) is 4.90 Å². The third-order valence-corrected chi connectivity index (χ3v) is 7.88. The highest BCUT2D eigenvalue weighted by atomic mass is 16.5. The molecular weight excluding hydrogens is 562 g/mol. The Morgan fingerprint density at radius 3 is 2.39 bits per heavy atom. The van der Waals surface area contributed by atoms with Gasteiger partial charge >= 0.3 is 6.09 Å². The Bertz CT molecular complexity index is 1530. The van der Waals surface area contributed by atoms with Crippen molar-refractivity contribution in [2.75, 3.05) is 40.5 Å². The number of benzene rings is 4. The Morgan fingerprint density at radius 2 is 1.61 bits per heavy atom. The zero-order chi connectivity index (χ0) is 30.9. The molecule has 9 nitrogen and oxygen atoms in total. The molecule has 3 unspecified atom stereocenters. The van der Waals surface area contributed by atoms with Gasteiger partial charge < -0.3 is 38.8 Å². The van der Waals surface area contributed by atoms with Crippen LogP contribution in [0.2, 0.25) is 0 Å². The lowest BCUT2D eigenvalue weighted by atomic mass is 9.84. The zero-order valence-corrected chi connectivity index (χ0v) is 25.1. The third kappa shape index (κ3) is 7.60. The maximum Gasteiger partial charge on any atom is 0.407 e. The summed E-state index contributed by atoms with van der Waals surface area (Å²) >= 11 is 0. The molecule has 0 radical (unpaired) electrons. The first kappa shape index (κ1) is 31.1. The van der Waals surface area contributed by atoms with E-state index in [-0.39, 0.29) is 19.7 Å². The van der Waals surface area contributed by atoms with Gasteiger partial charge in [0.05, 0.1) is 65.9 Å². The number of likely N-dealkylation sites (tertiary alicyclic amines) is 1. The molecule has 3 atom stereocenters. The first-order chi connectivity index (χ1) is 21.5. The Morgan fingerprint density at radius 1 is 0.864 bits per heavy atom. The highest BCUT2D eigenvalue weighted by molar-refractivity contribution is 5.89. The van der Waals surface area contributed by atoms with E-state index in [1.807, 2.05) is 84.9 Å². The van der Waals surface area contributed by atoms with Gasteiger partial charge in [0.1, 0.15) is 17.2 Å². The minimum atomic E-state index is -1.08. The van der Waals surface area contributed by atoms with Crippen molar-refractivity contribution in [3.8, 4) is 17.2 Å². The summed E-state index contributed by atoms with van der Waals surface area (Å²) in [6.07, 6.45) is -1.85. The van der Waals surface area contributed by atoms with Gasteiger partial charge in [-0.25, -0.2) is 4.79 Å². The Balaban J connectivity index is 1.19. The Labute approximate surface area is 257 Å². The third-order valence-electron chi connectivity index (χ3n) is 7.88. The summed E-state index contributed by atoms with van der Waals surface area (Å²) in [7, 11) is 3.28. The van der Waals surface area contributed by atoms with Gasteiger partial charge in [0, 0.05) is 23.3 Å². The quantitative estimate of drug-likeness (QED) is 0.184. The van der Waals surface area contributed by atoms with Gasteiger partial charge in [0.2, 0.25) is 0 Å². The van der Waals surface area contributed by atoms with Crippen molar-refractivity contribution in [2.45, 2.75) is 37.8 Å². The van der Waals surface area contributed by atoms with E-state index in [4.69, 9.17) is 23.7 Å². The van der Waals surface area contributed by atoms with Crippen molar-refractivity contribution in [1.82, 2.24) is 4.90 Å². The molecule has 44 heavy (non-hydrogen) atoms. The molecule has 0 spiro atoms. The smallest absolute Gasteiger partial charge is 0.407 e. The number of aliphatic hydroxyl groups is 1. The molecule has 232 valence electrons. The number of nitrogens with zero attached hydrogens (tertiary/aromatic N) is 1. The number of methoxy groups -OCH3 is 2. The summed E-state index contributed by atoms with van der Waals surface area (Å²) in [5, 5.41) is 22.8. The van der Waals surface area contributed by atoms with Gasteiger partial charge in [0.25, 0.3) is 0 Å². The number of rotatable bonds is 13. The number of carboxylic acid groups (broad SMARTS) is 1. The van der Waals surface area contributed by atoms with Crippen LogP contribution >= 0.6 is 0 Å². The average Bonchev–Trinajstić information content (AvgIpc) is 3.05. The van der Waals surface area contributed by atoms with E-state index in [1.54, 1.807) is 14.2 Å². The fourth-order valence-electron chi connectivity index (χ4n) is 5.67. The number of ether oxygens (including phenoxy) is 5. The minimum absolute atomic E-state index is 0.0107. The van der Waals surface area contributed by atoms with Gasteiger partial charge in [-0.1, -0.05) is 54.6 Å². The molecule has 4 aromatic carbocycles. The minimum Gasteiger partial charge on any atom is -0.496 e. The number of para-hydroxylation sites is 1. The molecule has 0 aromatic heterocycles. The monoisotopic (exact) mass is 601 g/mol. The van der Waals surface area contributed by atoms with Crippen LogP contribution in [0.5, 0.6) is 17.2 Å². The zero-order valence-electron chi connectivity index (χ0n) is 25.1. The van der Waals surface area contributed by atoms with Crippen LogP contribution in [0.1, 0.15) is 29.0 Å². The average molecular weight is 602 g/mol. The Kier molecular flexibility index (Phi) is 10.6. The van der Waals surface area contributed by atoms with E-state index in [0.29, 0.717) is 25.6 Å². The summed E-state index contributed by atoms with van der Waals surface area (Å²) in [5.74, 6) is 1.85. The molecule has 1 aliphatic heterocycles. The van der Waals surface area contributed by atoms with Crippen LogP contribution in [0.15, 0.2) is 84.9 Å². The molecule has 0 saturated carbocycles. The van der Waals surface area contributed by atoms with Crippen molar-refractivity contribution in [3.05, 3.63) is 102 Å². The van der Waals surface area contributed by atoms with Crippen LogP contribution < -0.4 is 14.2 Å². The van der Waals surface area contributed by atoms with Crippen molar-refractivity contribution in [3.63, 3.8) is 0 Å². The predicted molar refractivity (Wildman–Crippen MR) is 167 cm³/mol. The second-order valence-corrected chi connectivity index (χ2v) is 10.8.